The molecule has 1 aromatic carbocycles. The molecule has 0 amide bonds. The number of phenolic OH excluding ortho intramolecular Hbond substituents is 1. The quantitative estimate of drug-likeness (QED) is 0.751. The highest BCUT2D eigenvalue weighted by atomic mass is 35.5. The fraction of sp³-hybridized carbons (Fsp3) is 0.364. The Bertz CT molecular complexity index is 422. The molecule has 5 nitrogen and oxygen atoms in total. The first-order valence-corrected chi connectivity index (χ1v) is 5.38. The third-order valence-electron chi connectivity index (χ3n) is 2.39. The fourth-order valence-electron chi connectivity index (χ4n) is 1.49. The lowest BCUT2D eigenvalue weighted by Gasteiger charge is -2.15. The number of rotatable bonds is 5. The van der Waals surface area contributed by atoms with Crippen LogP contribution in [-0.2, 0) is 4.79 Å². The molecule has 0 saturated carbocycles. The number of benzene rings is 1. The van der Waals surface area contributed by atoms with Crippen molar-refractivity contribution >= 4 is 17.6 Å². The number of carboxylic acid groups (broad SMARTS) is 1. The number of halogens is 1. The number of ether oxygens (including phenoxy) is 1. The molecule has 4 N–H and O–H groups in total. The number of carbonyl (C=O) groups is 1. The number of phenols is 1. The highest BCUT2D eigenvalue weighted by Gasteiger charge is 2.17. The smallest absolute Gasteiger partial charge is 0.303 e. The molecule has 0 aliphatic carbocycles. The molecule has 1 unspecified atom stereocenters. The number of methoxy groups -OCH3 is 1. The Labute approximate surface area is 104 Å². The largest absolute Gasteiger partial charge is 0.504 e. The van der Waals surface area contributed by atoms with Crippen LogP contribution in [0.2, 0.25) is 5.02 Å². The molecular formula is C11H14ClNO4. The summed E-state index contributed by atoms with van der Waals surface area (Å²) in [6.45, 7) is 0. The maximum absolute atomic E-state index is 10.4. The topological polar surface area (TPSA) is 92.8 Å². The average Bonchev–Trinajstić information content (AvgIpc) is 2.26. The zero-order valence-electron chi connectivity index (χ0n) is 9.31. The van der Waals surface area contributed by atoms with E-state index in [-0.39, 0.29) is 29.4 Å². The average molecular weight is 260 g/mol. The molecule has 1 aromatic rings. The maximum Gasteiger partial charge on any atom is 0.303 e. The summed E-state index contributed by atoms with van der Waals surface area (Å²) in [5.74, 6) is -0.923. The summed E-state index contributed by atoms with van der Waals surface area (Å²) in [5, 5.41) is 18.7. The van der Waals surface area contributed by atoms with E-state index >= 15 is 0 Å². The Morgan fingerprint density at radius 1 is 1.59 bits per heavy atom. The molecule has 0 radical (unpaired) electrons. The summed E-state index contributed by atoms with van der Waals surface area (Å²) in [6, 6.07) is 2.54. The minimum absolute atomic E-state index is 0.0639. The maximum atomic E-state index is 10.4. The molecule has 17 heavy (non-hydrogen) atoms. The molecule has 0 saturated heterocycles. The highest BCUT2D eigenvalue weighted by Crippen LogP contribution is 2.39. The van der Waals surface area contributed by atoms with Gasteiger partial charge in [0.25, 0.3) is 0 Å². The second kappa shape index (κ2) is 5.75. The third-order valence-corrected chi connectivity index (χ3v) is 2.69. The van der Waals surface area contributed by atoms with Gasteiger partial charge in [0, 0.05) is 18.0 Å². The summed E-state index contributed by atoms with van der Waals surface area (Å²) >= 11 is 5.81. The number of aliphatic carboxylic acids is 1. The van der Waals surface area contributed by atoms with Crippen LogP contribution in [0.15, 0.2) is 12.1 Å². The van der Waals surface area contributed by atoms with Crippen molar-refractivity contribution in [1.29, 1.82) is 0 Å². The summed E-state index contributed by atoms with van der Waals surface area (Å²) in [4.78, 5) is 10.4. The Morgan fingerprint density at radius 3 is 2.76 bits per heavy atom. The zero-order chi connectivity index (χ0) is 13.0. The Morgan fingerprint density at radius 2 is 2.24 bits per heavy atom. The molecule has 94 valence electrons. The van der Waals surface area contributed by atoms with E-state index in [1.54, 1.807) is 12.1 Å². The van der Waals surface area contributed by atoms with Crippen molar-refractivity contribution in [1.82, 2.24) is 0 Å². The van der Waals surface area contributed by atoms with Gasteiger partial charge in [-0.25, -0.2) is 0 Å². The molecule has 0 heterocycles. The Kier molecular flexibility index (Phi) is 4.60. The van der Waals surface area contributed by atoms with E-state index in [0.717, 1.165) is 0 Å². The van der Waals surface area contributed by atoms with E-state index in [4.69, 9.17) is 27.2 Å². The van der Waals surface area contributed by atoms with Gasteiger partial charge in [0.2, 0.25) is 0 Å². The number of nitrogens with two attached hydrogens (primary N) is 1. The van der Waals surface area contributed by atoms with Gasteiger partial charge >= 0.3 is 5.97 Å². The lowest BCUT2D eigenvalue weighted by molar-refractivity contribution is -0.137. The second-order valence-corrected chi connectivity index (χ2v) is 3.96. The van der Waals surface area contributed by atoms with Crippen LogP contribution in [0.5, 0.6) is 11.5 Å². The standard InChI is InChI=1S/C11H14ClNO4/c1-17-11-7(12)3-2-6(10(11)16)8(13)4-5-9(14)15/h2-3,8,16H,4-5,13H2,1H3,(H,14,15). The molecule has 0 fully saturated rings. The first-order chi connectivity index (χ1) is 7.97. The minimum atomic E-state index is -0.930. The van der Waals surface area contributed by atoms with Gasteiger partial charge in [-0.05, 0) is 12.5 Å². The molecule has 1 atom stereocenters. The van der Waals surface area contributed by atoms with Gasteiger partial charge in [0.05, 0.1) is 12.1 Å². The SMILES string of the molecule is COc1c(Cl)ccc(C(N)CCC(=O)O)c1O. The number of carboxylic acids is 1. The predicted molar refractivity (Wildman–Crippen MR) is 63.5 cm³/mol. The van der Waals surface area contributed by atoms with Crippen LogP contribution < -0.4 is 10.5 Å². The first-order valence-electron chi connectivity index (χ1n) is 5.00. The van der Waals surface area contributed by atoms with E-state index in [9.17, 15) is 9.90 Å². The minimum Gasteiger partial charge on any atom is -0.504 e. The van der Waals surface area contributed by atoms with Crippen LogP contribution in [0, 0.1) is 0 Å². The van der Waals surface area contributed by atoms with Crippen molar-refractivity contribution in [2.45, 2.75) is 18.9 Å². The van der Waals surface area contributed by atoms with Crippen molar-refractivity contribution in [3.05, 3.63) is 22.7 Å². The van der Waals surface area contributed by atoms with Gasteiger partial charge in [0.15, 0.2) is 11.5 Å². The van der Waals surface area contributed by atoms with E-state index in [0.29, 0.717) is 5.56 Å². The van der Waals surface area contributed by atoms with E-state index in [1.807, 2.05) is 0 Å². The molecule has 0 aromatic heterocycles. The molecule has 1 rings (SSSR count). The van der Waals surface area contributed by atoms with Crippen molar-refractivity contribution < 1.29 is 19.7 Å². The van der Waals surface area contributed by atoms with Crippen molar-refractivity contribution in [3.63, 3.8) is 0 Å². The van der Waals surface area contributed by atoms with Crippen LogP contribution in [-0.4, -0.2) is 23.3 Å². The van der Waals surface area contributed by atoms with Crippen molar-refractivity contribution in [2.24, 2.45) is 5.73 Å². The van der Waals surface area contributed by atoms with Gasteiger partial charge in [-0.1, -0.05) is 17.7 Å². The van der Waals surface area contributed by atoms with Gasteiger partial charge < -0.3 is 20.7 Å². The van der Waals surface area contributed by atoms with Crippen LogP contribution in [0.1, 0.15) is 24.4 Å². The van der Waals surface area contributed by atoms with Crippen molar-refractivity contribution in [2.75, 3.05) is 7.11 Å². The summed E-state index contributed by atoms with van der Waals surface area (Å²) in [7, 11) is 1.38. The fourth-order valence-corrected chi connectivity index (χ4v) is 1.72. The Hall–Kier alpha value is -1.46. The molecule has 6 heteroatoms. The molecule has 0 spiro atoms. The summed E-state index contributed by atoms with van der Waals surface area (Å²) < 4.78 is 4.94. The highest BCUT2D eigenvalue weighted by molar-refractivity contribution is 6.32. The molecular weight excluding hydrogens is 246 g/mol. The van der Waals surface area contributed by atoms with Crippen LogP contribution in [0.4, 0.5) is 0 Å². The summed E-state index contributed by atoms with van der Waals surface area (Å²) in [5.41, 5.74) is 6.22. The lowest BCUT2D eigenvalue weighted by atomic mass is 10.0. The van der Waals surface area contributed by atoms with Crippen LogP contribution in [0.25, 0.3) is 0 Å². The van der Waals surface area contributed by atoms with Gasteiger partial charge in [0.1, 0.15) is 0 Å². The Balaban J connectivity index is 2.94. The summed E-state index contributed by atoms with van der Waals surface area (Å²) in [6.07, 6.45) is 0.166. The molecule has 0 bridgehead atoms. The monoisotopic (exact) mass is 259 g/mol. The second-order valence-electron chi connectivity index (χ2n) is 3.56. The van der Waals surface area contributed by atoms with E-state index in [1.165, 1.54) is 7.11 Å². The van der Waals surface area contributed by atoms with Gasteiger partial charge in [-0.3, -0.25) is 4.79 Å². The zero-order valence-corrected chi connectivity index (χ0v) is 10.1. The van der Waals surface area contributed by atoms with Gasteiger partial charge in [-0.2, -0.15) is 0 Å². The molecule has 0 aliphatic rings. The lowest BCUT2D eigenvalue weighted by Crippen LogP contribution is -2.12. The van der Waals surface area contributed by atoms with E-state index in [2.05, 4.69) is 0 Å². The normalized spacial score (nSPS) is 12.2. The van der Waals surface area contributed by atoms with Crippen LogP contribution in [0.3, 0.4) is 0 Å². The number of hydrogen-bond donors (Lipinski definition) is 3. The predicted octanol–water partition coefficient (Wildman–Crippen LogP) is 1.92. The third kappa shape index (κ3) is 3.25. The number of hydrogen-bond acceptors (Lipinski definition) is 4. The first kappa shape index (κ1) is 13.6. The molecule has 0 aliphatic heterocycles. The van der Waals surface area contributed by atoms with Crippen molar-refractivity contribution in [3.8, 4) is 11.5 Å². The van der Waals surface area contributed by atoms with Crippen LogP contribution >= 0.6 is 11.6 Å². The van der Waals surface area contributed by atoms with E-state index < -0.39 is 12.0 Å². The number of aromatic hydroxyl groups is 1. The van der Waals surface area contributed by atoms with Gasteiger partial charge in [-0.15, -0.1) is 0 Å².